The predicted molar refractivity (Wildman–Crippen MR) is 94.8 cm³/mol. The largest absolute Gasteiger partial charge is 0.322 e. The summed E-state index contributed by atoms with van der Waals surface area (Å²) in [6.45, 7) is 0.131. The van der Waals surface area contributed by atoms with Crippen LogP contribution in [0.15, 0.2) is 38.9 Å². The van der Waals surface area contributed by atoms with Crippen molar-refractivity contribution in [1.29, 1.82) is 0 Å². The molecule has 6 nitrogen and oxygen atoms in total. The van der Waals surface area contributed by atoms with E-state index in [1.54, 1.807) is 18.5 Å². The SMILES string of the molecule is CN(Cc1nc2ccsc2c(=O)[nH]1)C(=O)Nc1ccc(F)cc1Br. The maximum absolute atomic E-state index is 13.1. The lowest BCUT2D eigenvalue weighted by atomic mass is 10.3. The zero-order valence-corrected chi connectivity index (χ0v) is 14.9. The van der Waals surface area contributed by atoms with Gasteiger partial charge < -0.3 is 15.2 Å². The smallest absolute Gasteiger partial charge is 0.320 e. The molecule has 2 heterocycles. The Hall–Kier alpha value is -2.26. The third-order valence-corrected chi connectivity index (χ3v) is 4.83. The van der Waals surface area contributed by atoms with Crippen molar-refractivity contribution in [2.45, 2.75) is 6.54 Å². The third kappa shape index (κ3) is 3.46. The molecule has 3 rings (SSSR count). The average molecular weight is 411 g/mol. The highest BCUT2D eigenvalue weighted by Crippen LogP contribution is 2.23. The summed E-state index contributed by atoms with van der Waals surface area (Å²) in [5.74, 6) is -0.0132. The standard InChI is InChI=1S/C15H12BrFN4O2S/c1-21(15(23)19-10-3-2-8(17)6-9(10)16)7-12-18-11-4-5-24-13(11)14(22)20-12/h2-6H,7H2,1H3,(H,19,23)(H,18,20,22). The van der Waals surface area contributed by atoms with E-state index in [0.717, 1.165) is 0 Å². The van der Waals surface area contributed by atoms with Gasteiger partial charge in [0.05, 0.1) is 17.7 Å². The number of amides is 2. The Kier molecular flexibility index (Phi) is 4.63. The Morgan fingerprint density at radius 3 is 3.00 bits per heavy atom. The van der Waals surface area contributed by atoms with Gasteiger partial charge in [0.25, 0.3) is 5.56 Å². The predicted octanol–water partition coefficient (Wildman–Crippen LogP) is 3.55. The lowest BCUT2D eigenvalue weighted by molar-refractivity contribution is 0.219. The second kappa shape index (κ2) is 6.70. The number of halogens is 2. The molecule has 24 heavy (non-hydrogen) atoms. The lowest BCUT2D eigenvalue weighted by Crippen LogP contribution is -2.32. The van der Waals surface area contributed by atoms with Crippen LogP contribution in [0.2, 0.25) is 0 Å². The molecular weight excluding hydrogens is 399 g/mol. The normalized spacial score (nSPS) is 10.8. The Morgan fingerprint density at radius 1 is 1.46 bits per heavy atom. The van der Waals surface area contributed by atoms with Gasteiger partial charge in [0.2, 0.25) is 0 Å². The van der Waals surface area contributed by atoms with Crippen LogP contribution in [0.5, 0.6) is 0 Å². The van der Waals surface area contributed by atoms with Crippen LogP contribution in [-0.2, 0) is 6.54 Å². The molecule has 0 fully saturated rings. The first-order chi connectivity index (χ1) is 11.4. The van der Waals surface area contributed by atoms with Gasteiger partial charge in [0.1, 0.15) is 16.3 Å². The number of urea groups is 1. The van der Waals surface area contributed by atoms with Crippen LogP contribution >= 0.6 is 27.3 Å². The number of nitrogens with zero attached hydrogens (tertiary/aromatic N) is 2. The molecule has 0 aliphatic carbocycles. The first kappa shape index (κ1) is 16.6. The topological polar surface area (TPSA) is 78.1 Å². The van der Waals surface area contributed by atoms with Crippen LogP contribution < -0.4 is 10.9 Å². The number of nitrogens with one attached hydrogen (secondary N) is 2. The number of fused-ring (bicyclic) bond motifs is 1. The maximum atomic E-state index is 13.1. The molecule has 0 atom stereocenters. The van der Waals surface area contributed by atoms with Crippen molar-refractivity contribution < 1.29 is 9.18 Å². The Morgan fingerprint density at radius 2 is 2.25 bits per heavy atom. The number of hydrogen-bond acceptors (Lipinski definition) is 4. The highest BCUT2D eigenvalue weighted by Gasteiger charge is 2.14. The number of H-pyrrole nitrogens is 1. The van der Waals surface area contributed by atoms with Gasteiger partial charge >= 0.3 is 6.03 Å². The summed E-state index contributed by atoms with van der Waals surface area (Å²) in [5.41, 5.74) is 0.830. The minimum atomic E-state index is -0.407. The van der Waals surface area contributed by atoms with Crippen LogP contribution in [0.3, 0.4) is 0 Å². The van der Waals surface area contributed by atoms with Crippen molar-refractivity contribution in [3.8, 4) is 0 Å². The van der Waals surface area contributed by atoms with Crippen LogP contribution in [0, 0.1) is 5.82 Å². The molecule has 1 aromatic carbocycles. The second-order valence-corrected chi connectivity index (χ2v) is 6.83. The maximum Gasteiger partial charge on any atom is 0.322 e. The minimum Gasteiger partial charge on any atom is -0.320 e. The number of benzene rings is 1. The van der Waals surface area contributed by atoms with E-state index in [-0.39, 0.29) is 12.1 Å². The molecule has 0 radical (unpaired) electrons. The molecule has 0 saturated carbocycles. The summed E-state index contributed by atoms with van der Waals surface area (Å²) >= 11 is 4.51. The molecule has 0 bridgehead atoms. The van der Waals surface area contributed by atoms with Crippen molar-refractivity contribution in [3.05, 3.63) is 56.1 Å². The van der Waals surface area contributed by atoms with Crippen molar-refractivity contribution >= 4 is 49.2 Å². The first-order valence-electron chi connectivity index (χ1n) is 6.87. The number of anilines is 1. The molecule has 2 amide bonds. The molecule has 124 valence electrons. The molecule has 0 spiro atoms. The van der Waals surface area contributed by atoms with Crippen molar-refractivity contribution in [3.63, 3.8) is 0 Å². The number of aromatic nitrogens is 2. The fourth-order valence-electron chi connectivity index (χ4n) is 2.09. The highest BCUT2D eigenvalue weighted by atomic mass is 79.9. The van der Waals surface area contributed by atoms with Gasteiger partial charge in [-0.05, 0) is 45.6 Å². The summed E-state index contributed by atoms with van der Waals surface area (Å²) < 4.78 is 14.1. The summed E-state index contributed by atoms with van der Waals surface area (Å²) in [6.07, 6.45) is 0. The van der Waals surface area contributed by atoms with Gasteiger partial charge in [-0.25, -0.2) is 14.2 Å². The fraction of sp³-hybridized carbons (Fsp3) is 0.133. The number of hydrogen-bond donors (Lipinski definition) is 2. The zero-order chi connectivity index (χ0) is 17.3. The molecule has 0 aliphatic heterocycles. The highest BCUT2D eigenvalue weighted by molar-refractivity contribution is 9.10. The summed E-state index contributed by atoms with van der Waals surface area (Å²) in [6, 6.07) is 5.33. The summed E-state index contributed by atoms with van der Waals surface area (Å²) in [4.78, 5) is 32.5. The number of aromatic amines is 1. The Bertz CT molecular complexity index is 972. The van der Waals surface area contributed by atoms with E-state index in [4.69, 9.17) is 0 Å². The number of carbonyl (C=O) groups is 1. The van der Waals surface area contributed by atoms with Gasteiger partial charge in [-0.3, -0.25) is 4.79 Å². The van der Waals surface area contributed by atoms with E-state index in [9.17, 15) is 14.0 Å². The van der Waals surface area contributed by atoms with Gasteiger partial charge in [-0.2, -0.15) is 0 Å². The monoisotopic (exact) mass is 410 g/mol. The Labute approximate surface area is 148 Å². The Balaban J connectivity index is 1.74. The van der Waals surface area contributed by atoms with E-state index in [1.165, 1.54) is 34.4 Å². The fourth-order valence-corrected chi connectivity index (χ4v) is 3.27. The summed E-state index contributed by atoms with van der Waals surface area (Å²) in [5, 5.41) is 4.45. The van der Waals surface area contributed by atoms with Crippen LogP contribution in [-0.4, -0.2) is 27.9 Å². The third-order valence-electron chi connectivity index (χ3n) is 3.27. The van der Waals surface area contributed by atoms with E-state index >= 15 is 0 Å². The van der Waals surface area contributed by atoms with E-state index < -0.39 is 11.8 Å². The van der Waals surface area contributed by atoms with E-state index in [1.807, 2.05) is 0 Å². The molecule has 2 N–H and O–H groups in total. The van der Waals surface area contributed by atoms with Gasteiger partial charge in [0.15, 0.2) is 0 Å². The van der Waals surface area contributed by atoms with Crippen LogP contribution in [0.1, 0.15) is 5.82 Å². The number of rotatable bonds is 3. The molecule has 0 saturated heterocycles. The average Bonchev–Trinajstić information content (AvgIpc) is 2.99. The van der Waals surface area contributed by atoms with Crippen LogP contribution in [0.25, 0.3) is 10.2 Å². The molecule has 9 heteroatoms. The molecule has 2 aromatic heterocycles. The molecule has 3 aromatic rings. The molecule has 0 unspecified atom stereocenters. The number of carbonyl (C=O) groups excluding carboxylic acids is 1. The number of thiophene rings is 1. The van der Waals surface area contributed by atoms with E-state index in [0.29, 0.717) is 26.2 Å². The lowest BCUT2D eigenvalue weighted by Gasteiger charge is -2.18. The van der Waals surface area contributed by atoms with Gasteiger partial charge in [-0.15, -0.1) is 11.3 Å². The van der Waals surface area contributed by atoms with Crippen molar-refractivity contribution in [2.75, 3.05) is 12.4 Å². The quantitative estimate of drug-likeness (QED) is 0.692. The van der Waals surface area contributed by atoms with Crippen LogP contribution in [0.4, 0.5) is 14.9 Å². The van der Waals surface area contributed by atoms with Gasteiger partial charge in [-0.1, -0.05) is 0 Å². The second-order valence-electron chi connectivity index (χ2n) is 5.06. The zero-order valence-electron chi connectivity index (χ0n) is 12.5. The van der Waals surface area contributed by atoms with Crippen molar-refractivity contribution in [1.82, 2.24) is 14.9 Å². The van der Waals surface area contributed by atoms with Gasteiger partial charge in [0, 0.05) is 11.5 Å². The first-order valence-corrected chi connectivity index (χ1v) is 8.55. The molecular formula is C15H12BrFN4O2S. The molecule has 0 aliphatic rings. The van der Waals surface area contributed by atoms with Crippen molar-refractivity contribution in [2.24, 2.45) is 0 Å². The summed E-state index contributed by atoms with van der Waals surface area (Å²) in [7, 11) is 1.57. The minimum absolute atomic E-state index is 0.131. The van der Waals surface area contributed by atoms with E-state index in [2.05, 4.69) is 31.2 Å².